The van der Waals surface area contributed by atoms with Gasteiger partial charge in [0.05, 0.1) is 42.3 Å². The molecule has 4 amide bonds. The number of aryl methyl sites for hydroxylation is 6. The van der Waals surface area contributed by atoms with Crippen molar-refractivity contribution in [2.45, 2.75) is 73.1 Å². The van der Waals surface area contributed by atoms with Crippen LogP contribution in [-0.4, -0.2) is 112 Å². The number of benzene rings is 1. The van der Waals surface area contributed by atoms with E-state index < -0.39 is 23.6 Å². The number of hydrogen-bond donors (Lipinski definition) is 4. The summed E-state index contributed by atoms with van der Waals surface area (Å²) >= 11 is 0. The summed E-state index contributed by atoms with van der Waals surface area (Å²) in [5, 5.41) is 14.7. The van der Waals surface area contributed by atoms with Crippen LogP contribution < -0.4 is 26.8 Å². The molecule has 0 atom stereocenters. The molecule has 1 aliphatic heterocycles. The Morgan fingerprint density at radius 3 is 1.90 bits per heavy atom. The third-order valence-electron chi connectivity index (χ3n) is 10.3. The normalized spacial score (nSPS) is 13.3. The molecule has 0 radical (unpaired) electrons. The van der Waals surface area contributed by atoms with Crippen LogP contribution in [0.15, 0.2) is 36.5 Å². The first-order valence-corrected chi connectivity index (χ1v) is 20.1. The van der Waals surface area contributed by atoms with Gasteiger partial charge in [0.2, 0.25) is 23.7 Å². The number of nitrogens with two attached hydrogens (primary N) is 2. The van der Waals surface area contributed by atoms with Crippen molar-refractivity contribution in [3.8, 4) is 5.75 Å². The minimum Gasteiger partial charge on any atom is -0.491 e. The molecule has 0 aliphatic carbocycles. The Bertz CT molecular complexity index is 2560. The standard InChI is InChI=1S/C40H50N14O6/c1-5-53-30(18-24(3)48-53)37(57)46-39-44-28-20-26(34(41)55)22-32(60-15-9-10-50-13-16-59-17-14-50)33(28)51(39)11-7-8-12-52-36-29(21-27(23-43-36)35(42)56)45-40(52)47-38(58)31-19-25(4)49-54(31)6-2/h18-23H,5-17H2,1-4H3,(H2,41,55)(H2,42,56)(H,44,46,57)(H,45,47,58). The Hall–Kier alpha value is -6.67. The molecule has 0 unspecified atom stereocenters. The van der Waals surface area contributed by atoms with E-state index in [0.717, 1.165) is 26.1 Å². The number of ether oxygens (including phenoxy) is 2. The van der Waals surface area contributed by atoms with E-state index >= 15 is 0 Å². The van der Waals surface area contributed by atoms with Crippen molar-refractivity contribution >= 4 is 57.7 Å². The topological polar surface area (TPSA) is 250 Å². The Morgan fingerprint density at radius 1 is 0.733 bits per heavy atom. The third-order valence-corrected chi connectivity index (χ3v) is 10.3. The van der Waals surface area contributed by atoms with Gasteiger partial charge in [-0.15, -0.1) is 0 Å². The number of carbonyl (C=O) groups is 4. The maximum absolute atomic E-state index is 13.8. The number of nitrogens with one attached hydrogen (secondary N) is 2. The Morgan fingerprint density at radius 2 is 1.30 bits per heavy atom. The number of morpholine rings is 1. The van der Waals surface area contributed by atoms with Crippen molar-refractivity contribution in [2.75, 3.05) is 50.1 Å². The molecule has 6 heterocycles. The van der Waals surface area contributed by atoms with E-state index in [9.17, 15) is 19.2 Å². The number of carbonyl (C=O) groups excluding carboxylic acids is 4. The summed E-state index contributed by atoms with van der Waals surface area (Å²) in [6, 6.07) is 8.16. The SMILES string of the molecule is CCn1nc(C)cc1C(=O)Nc1nc2cc(C(N)=O)cnc2n1CCCCn1c(NC(=O)c2cc(C)nn2CC)nc2cc(C(N)=O)cc(OCCCN3CCOCC3)c21. The lowest BCUT2D eigenvalue weighted by Gasteiger charge is -2.26. The number of nitrogens with zero attached hydrogens (tertiary/aromatic N) is 10. The minimum atomic E-state index is -0.653. The highest BCUT2D eigenvalue weighted by Gasteiger charge is 2.24. The van der Waals surface area contributed by atoms with Gasteiger partial charge in [-0.25, -0.2) is 15.0 Å². The highest BCUT2D eigenvalue weighted by molar-refractivity contribution is 6.05. The second-order valence-electron chi connectivity index (χ2n) is 14.6. The number of pyridine rings is 1. The van der Waals surface area contributed by atoms with E-state index in [1.807, 2.05) is 32.3 Å². The quantitative estimate of drug-likeness (QED) is 0.0914. The molecule has 316 valence electrons. The smallest absolute Gasteiger partial charge is 0.276 e. The van der Waals surface area contributed by atoms with Crippen LogP contribution in [0.3, 0.4) is 0 Å². The highest BCUT2D eigenvalue weighted by atomic mass is 16.5. The van der Waals surface area contributed by atoms with Crippen LogP contribution in [0.2, 0.25) is 0 Å². The van der Waals surface area contributed by atoms with Crippen molar-refractivity contribution < 1.29 is 28.7 Å². The van der Waals surface area contributed by atoms with Crippen LogP contribution in [0.1, 0.15) is 86.2 Å². The number of aromatic nitrogens is 9. The largest absolute Gasteiger partial charge is 0.491 e. The van der Waals surface area contributed by atoms with Crippen LogP contribution in [0.5, 0.6) is 5.75 Å². The lowest BCUT2D eigenvalue weighted by atomic mass is 10.1. The number of anilines is 2. The first kappa shape index (κ1) is 41.5. The second-order valence-corrected chi connectivity index (χ2v) is 14.6. The molecule has 1 saturated heterocycles. The van der Waals surface area contributed by atoms with E-state index in [1.54, 1.807) is 44.3 Å². The lowest BCUT2D eigenvalue weighted by molar-refractivity contribution is 0.0358. The van der Waals surface area contributed by atoms with Crippen molar-refractivity contribution in [3.05, 3.63) is 70.4 Å². The molecular weight excluding hydrogens is 773 g/mol. The number of unbranched alkanes of at least 4 members (excludes halogenated alkanes) is 1. The number of amides is 4. The molecule has 7 rings (SSSR count). The molecule has 0 spiro atoms. The second kappa shape index (κ2) is 18.1. The molecule has 60 heavy (non-hydrogen) atoms. The van der Waals surface area contributed by atoms with Crippen molar-refractivity contribution in [3.63, 3.8) is 0 Å². The van der Waals surface area contributed by atoms with Crippen molar-refractivity contribution in [1.29, 1.82) is 0 Å². The average molecular weight is 823 g/mol. The van der Waals surface area contributed by atoms with Crippen LogP contribution in [0.4, 0.5) is 11.9 Å². The third kappa shape index (κ3) is 8.98. The van der Waals surface area contributed by atoms with Gasteiger partial charge in [-0.05, 0) is 77.3 Å². The molecule has 1 fully saturated rings. The molecule has 6 aromatic rings. The first-order chi connectivity index (χ1) is 28.9. The first-order valence-electron chi connectivity index (χ1n) is 20.1. The van der Waals surface area contributed by atoms with Crippen LogP contribution in [-0.2, 0) is 30.9 Å². The zero-order valence-corrected chi connectivity index (χ0v) is 34.2. The lowest BCUT2D eigenvalue weighted by Crippen LogP contribution is -2.37. The fraction of sp³-hybridized carbons (Fsp3) is 0.425. The molecule has 5 aromatic heterocycles. The molecule has 20 nitrogen and oxygen atoms in total. The van der Waals surface area contributed by atoms with Gasteiger partial charge in [0, 0.05) is 57.6 Å². The van der Waals surface area contributed by atoms with Crippen LogP contribution >= 0.6 is 0 Å². The number of rotatable bonds is 18. The predicted molar refractivity (Wildman–Crippen MR) is 222 cm³/mol. The van der Waals surface area contributed by atoms with Crippen molar-refractivity contribution in [2.24, 2.45) is 11.5 Å². The highest BCUT2D eigenvalue weighted by Crippen LogP contribution is 2.32. The van der Waals surface area contributed by atoms with Gasteiger partial charge < -0.3 is 25.5 Å². The summed E-state index contributed by atoms with van der Waals surface area (Å²) in [7, 11) is 0. The van der Waals surface area contributed by atoms with Gasteiger partial charge in [0.25, 0.3) is 11.8 Å². The van der Waals surface area contributed by atoms with Gasteiger partial charge >= 0.3 is 0 Å². The van der Waals surface area contributed by atoms with Gasteiger partial charge in [-0.2, -0.15) is 10.2 Å². The van der Waals surface area contributed by atoms with Gasteiger partial charge in [-0.1, -0.05) is 0 Å². The molecule has 0 bridgehead atoms. The van der Waals surface area contributed by atoms with Crippen molar-refractivity contribution in [1.82, 2.24) is 48.5 Å². The van der Waals surface area contributed by atoms with E-state index in [1.165, 1.54) is 6.20 Å². The number of imidazole rings is 2. The maximum atomic E-state index is 13.8. The molecule has 0 saturated carbocycles. The van der Waals surface area contributed by atoms with E-state index in [0.29, 0.717) is 110 Å². The monoisotopic (exact) mass is 822 g/mol. The summed E-state index contributed by atoms with van der Waals surface area (Å²) in [4.78, 5) is 68.1. The summed E-state index contributed by atoms with van der Waals surface area (Å²) < 4.78 is 18.7. The zero-order chi connectivity index (χ0) is 42.5. The summed E-state index contributed by atoms with van der Waals surface area (Å²) in [5.41, 5.74) is 15.7. The number of hydrogen-bond acceptors (Lipinski definition) is 12. The van der Waals surface area contributed by atoms with Gasteiger partial charge in [0.15, 0.2) is 5.65 Å². The molecular formula is C40H50N14O6. The molecule has 1 aromatic carbocycles. The van der Waals surface area contributed by atoms with Crippen LogP contribution in [0.25, 0.3) is 22.2 Å². The Kier molecular flexibility index (Phi) is 12.5. The fourth-order valence-electron chi connectivity index (χ4n) is 7.35. The van der Waals surface area contributed by atoms with Crippen LogP contribution in [0, 0.1) is 13.8 Å². The zero-order valence-electron chi connectivity index (χ0n) is 34.2. The fourth-order valence-corrected chi connectivity index (χ4v) is 7.35. The predicted octanol–water partition coefficient (Wildman–Crippen LogP) is 3.11. The number of fused-ring (bicyclic) bond motifs is 2. The maximum Gasteiger partial charge on any atom is 0.276 e. The average Bonchev–Trinajstić information content (AvgIpc) is 4.00. The number of primary amides is 2. The molecule has 20 heteroatoms. The summed E-state index contributed by atoms with van der Waals surface area (Å²) in [6.07, 6.45) is 3.20. The molecule has 1 aliphatic rings. The van der Waals surface area contributed by atoms with E-state index in [-0.39, 0.29) is 23.0 Å². The van der Waals surface area contributed by atoms with Gasteiger partial charge in [0.1, 0.15) is 28.2 Å². The molecule has 6 N–H and O–H groups in total. The van der Waals surface area contributed by atoms with E-state index in [2.05, 4.69) is 35.7 Å². The van der Waals surface area contributed by atoms with E-state index in [4.69, 9.17) is 25.9 Å². The summed E-state index contributed by atoms with van der Waals surface area (Å²) in [6.45, 7) is 13.4. The van der Waals surface area contributed by atoms with Gasteiger partial charge in [-0.3, -0.25) is 48.6 Å². The summed E-state index contributed by atoms with van der Waals surface area (Å²) in [5.74, 6) is -1.20. The Balaban J connectivity index is 1.18. The minimum absolute atomic E-state index is 0.182. The Labute approximate surface area is 345 Å².